The Kier molecular flexibility index (Phi) is 4.32. The molecule has 2 N–H and O–H groups in total. The summed E-state index contributed by atoms with van der Waals surface area (Å²) in [6.45, 7) is 2.40. The maximum Gasteiger partial charge on any atom is 0.433 e. The van der Waals surface area contributed by atoms with Gasteiger partial charge in [-0.3, -0.25) is 4.68 Å². The number of fused-ring (bicyclic) bond motifs is 1. The van der Waals surface area contributed by atoms with Gasteiger partial charge < -0.3 is 10.6 Å². The Morgan fingerprint density at radius 2 is 2.15 bits per heavy atom. The Balaban J connectivity index is 1.86. The summed E-state index contributed by atoms with van der Waals surface area (Å²) in [5.41, 5.74) is 4.50. The Morgan fingerprint density at radius 3 is 2.81 bits per heavy atom. The summed E-state index contributed by atoms with van der Waals surface area (Å²) in [5.74, 6) is -1.21. The first-order chi connectivity index (χ1) is 12.3. The number of nitrogens with two attached hydrogens (primary N) is 1. The highest BCUT2D eigenvalue weighted by Crippen LogP contribution is 2.29. The van der Waals surface area contributed by atoms with Crippen LogP contribution >= 0.6 is 0 Å². The number of nitrogens with zero attached hydrogens (tertiary/aromatic N) is 6. The maximum atomic E-state index is 13.0. The molecule has 3 aromatic rings. The summed E-state index contributed by atoms with van der Waals surface area (Å²) in [6.07, 6.45) is -1.02. The zero-order chi connectivity index (χ0) is 18.9. The van der Waals surface area contributed by atoms with Crippen molar-refractivity contribution < 1.29 is 22.8 Å². The number of aryl methyl sites for hydroxylation is 1. The van der Waals surface area contributed by atoms with E-state index in [0.29, 0.717) is 11.1 Å². The lowest BCUT2D eigenvalue weighted by molar-refractivity contribution is -0.142. The van der Waals surface area contributed by atoms with Crippen LogP contribution < -0.4 is 5.73 Å². The number of hydrogen-bond acceptors (Lipinski definition) is 6. The molecule has 0 radical (unpaired) electrons. The minimum absolute atomic E-state index is 0.0111. The van der Waals surface area contributed by atoms with Crippen LogP contribution in [0.4, 0.5) is 13.2 Å². The Morgan fingerprint density at radius 1 is 1.38 bits per heavy atom. The van der Waals surface area contributed by atoms with Crippen LogP contribution in [-0.2, 0) is 17.6 Å². The maximum absolute atomic E-state index is 13.0. The second kappa shape index (κ2) is 6.46. The van der Waals surface area contributed by atoms with Crippen LogP contribution in [-0.4, -0.2) is 36.2 Å². The van der Waals surface area contributed by atoms with E-state index in [-0.39, 0.29) is 22.7 Å². The number of amidine groups is 1. The molecular formula is C14H12F3N7O2. The van der Waals surface area contributed by atoms with E-state index >= 15 is 0 Å². The van der Waals surface area contributed by atoms with E-state index in [1.807, 2.05) is 6.92 Å². The van der Waals surface area contributed by atoms with Gasteiger partial charge >= 0.3 is 12.1 Å². The van der Waals surface area contributed by atoms with Crippen LogP contribution in [0.15, 0.2) is 35.9 Å². The third-order valence-corrected chi connectivity index (χ3v) is 3.37. The van der Waals surface area contributed by atoms with Crippen LogP contribution in [0, 0.1) is 0 Å². The van der Waals surface area contributed by atoms with E-state index in [9.17, 15) is 18.0 Å². The van der Waals surface area contributed by atoms with Crippen LogP contribution in [0.3, 0.4) is 0 Å². The number of carbonyl (C=O) groups excluding carboxylic acids is 1. The van der Waals surface area contributed by atoms with Crippen molar-refractivity contribution in [2.45, 2.75) is 19.6 Å². The zero-order valence-corrected chi connectivity index (χ0v) is 13.3. The molecule has 0 spiro atoms. The molecule has 0 bridgehead atoms. The molecule has 3 aromatic heterocycles. The average Bonchev–Trinajstić information content (AvgIpc) is 3.24. The lowest BCUT2D eigenvalue weighted by Gasteiger charge is -2.07. The van der Waals surface area contributed by atoms with Crippen molar-refractivity contribution in [3.8, 4) is 0 Å². The molecule has 0 fully saturated rings. The monoisotopic (exact) mass is 367 g/mol. The smallest absolute Gasteiger partial charge is 0.380 e. The molecule has 9 nitrogen and oxygen atoms in total. The average molecular weight is 367 g/mol. The highest BCUT2D eigenvalue weighted by Gasteiger charge is 2.34. The fraction of sp³-hybridized carbons (Fsp3) is 0.214. The largest absolute Gasteiger partial charge is 0.433 e. The molecule has 0 unspecified atom stereocenters. The number of aromatic nitrogens is 5. The second-order valence-electron chi connectivity index (χ2n) is 5.03. The quantitative estimate of drug-likeness (QED) is 0.323. The van der Waals surface area contributed by atoms with Gasteiger partial charge in [0.05, 0.1) is 11.8 Å². The number of carbonyl (C=O) groups is 1. The molecule has 26 heavy (non-hydrogen) atoms. The topological polar surface area (TPSA) is 113 Å². The van der Waals surface area contributed by atoms with Gasteiger partial charge in [-0.1, -0.05) is 5.16 Å². The Hall–Kier alpha value is -3.44. The molecule has 0 saturated heterocycles. The number of hydrogen-bond donors (Lipinski definition) is 1. The van der Waals surface area contributed by atoms with Crippen LogP contribution in [0.1, 0.15) is 28.7 Å². The molecule has 3 heterocycles. The van der Waals surface area contributed by atoms with Crippen LogP contribution in [0.5, 0.6) is 0 Å². The molecule has 0 aliphatic carbocycles. The fourth-order valence-electron chi connectivity index (χ4n) is 2.12. The molecule has 3 rings (SSSR count). The van der Waals surface area contributed by atoms with E-state index < -0.39 is 17.8 Å². The van der Waals surface area contributed by atoms with E-state index in [1.54, 1.807) is 6.20 Å². The number of alkyl halides is 3. The second-order valence-corrected chi connectivity index (χ2v) is 5.03. The molecule has 0 amide bonds. The summed E-state index contributed by atoms with van der Waals surface area (Å²) < 4.78 is 41.0. The van der Waals surface area contributed by atoms with Gasteiger partial charge in [0.25, 0.3) is 0 Å². The van der Waals surface area contributed by atoms with Crippen LogP contribution in [0.2, 0.25) is 0 Å². The third-order valence-electron chi connectivity index (χ3n) is 3.37. The van der Waals surface area contributed by atoms with Gasteiger partial charge in [-0.25, -0.2) is 14.3 Å². The van der Waals surface area contributed by atoms with Crippen LogP contribution in [0.25, 0.3) is 5.65 Å². The van der Waals surface area contributed by atoms with Gasteiger partial charge in [-0.05, 0) is 19.1 Å². The van der Waals surface area contributed by atoms with Gasteiger partial charge in [0.2, 0.25) is 0 Å². The van der Waals surface area contributed by atoms with Gasteiger partial charge in [-0.15, -0.1) is 0 Å². The predicted octanol–water partition coefficient (Wildman–Crippen LogP) is 1.44. The molecule has 0 aromatic carbocycles. The van der Waals surface area contributed by atoms with E-state index in [1.165, 1.54) is 10.7 Å². The standard InChI is InChI=1S/C14H12F3N7O2/c1-2-23-6-4-9(21-23)13(25)26-22-11(18)8-7-20-24-10(14(15,16)17)3-5-19-12(8)24/h3-7H,2H2,1H3,(H2,18,22). The van der Waals surface area contributed by atoms with E-state index in [4.69, 9.17) is 5.73 Å². The van der Waals surface area contributed by atoms with Gasteiger partial charge in [-0.2, -0.15) is 23.4 Å². The first-order valence-electron chi connectivity index (χ1n) is 7.30. The van der Waals surface area contributed by atoms with Crippen molar-refractivity contribution in [2.75, 3.05) is 0 Å². The highest BCUT2D eigenvalue weighted by atomic mass is 19.4. The summed E-state index contributed by atoms with van der Waals surface area (Å²) in [5, 5.41) is 11.0. The summed E-state index contributed by atoms with van der Waals surface area (Å²) in [7, 11) is 0. The molecule has 0 atom stereocenters. The minimum Gasteiger partial charge on any atom is -0.380 e. The summed E-state index contributed by atoms with van der Waals surface area (Å²) in [4.78, 5) is 20.3. The van der Waals surface area contributed by atoms with Crippen molar-refractivity contribution >= 4 is 17.5 Å². The summed E-state index contributed by atoms with van der Waals surface area (Å²) in [6, 6.07) is 2.21. The Labute approximate surface area is 143 Å². The minimum atomic E-state index is -4.62. The van der Waals surface area contributed by atoms with Crippen molar-refractivity contribution in [3.05, 3.63) is 47.7 Å². The fourth-order valence-corrected chi connectivity index (χ4v) is 2.12. The number of rotatable bonds is 4. The SMILES string of the molecule is CCn1ccc(C(=O)O/N=C(/N)c2cnn3c(C(F)(F)F)ccnc23)n1. The first kappa shape index (κ1) is 17.4. The molecular weight excluding hydrogens is 355 g/mol. The third kappa shape index (κ3) is 3.20. The highest BCUT2D eigenvalue weighted by molar-refractivity contribution is 6.02. The Bertz CT molecular complexity index is 990. The van der Waals surface area contributed by atoms with Crippen molar-refractivity contribution in [3.63, 3.8) is 0 Å². The van der Waals surface area contributed by atoms with Gasteiger partial charge in [0.15, 0.2) is 17.2 Å². The molecule has 0 aliphatic rings. The van der Waals surface area contributed by atoms with E-state index in [2.05, 4.69) is 25.2 Å². The van der Waals surface area contributed by atoms with Gasteiger partial charge in [0.1, 0.15) is 5.69 Å². The normalized spacial score (nSPS) is 12.5. The molecule has 12 heteroatoms. The lowest BCUT2D eigenvalue weighted by Crippen LogP contribution is -2.17. The number of oxime groups is 1. The zero-order valence-electron chi connectivity index (χ0n) is 13.3. The van der Waals surface area contributed by atoms with Crippen molar-refractivity contribution in [1.29, 1.82) is 0 Å². The molecule has 0 saturated carbocycles. The van der Waals surface area contributed by atoms with Crippen molar-refractivity contribution in [1.82, 2.24) is 24.4 Å². The predicted molar refractivity (Wildman–Crippen MR) is 82.0 cm³/mol. The van der Waals surface area contributed by atoms with Gasteiger partial charge in [0, 0.05) is 18.9 Å². The molecule has 136 valence electrons. The van der Waals surface area contributed by atoms with E-state index in [0.717, 1.165) is 18.5 Å². The summed E-state index contributed by atoms with van der Waals surface area (Å²) >= 11 is 0. The first-order valence-corrected chi connectivity index (χ1v) is 7.30. The number of halogens is 3. The van der Waals surface area contributed by atoms with Crippen molar-refractivity contribution in [2.24, 2.45) is 10.9 Å². The molecule has 0 aliphatic heterocycles. The lowest BCUT2D eigenvalue weighted by atomic mass is 10.3.